The van der Waals surface area contributed by atoms with Gasteiger partial charge in [-0.2, -0.15) is 0 Å². The van der Waals surface area contributed by atoms with Gasteiger partial charge in [0.25, 0.3) is 0 Å². The van der Waals surface area contributed by atoms with Crippen LogP contribution >= 0.6 is 11.3 Å². The summed E-state index contributed by atoms with van der Waals surface area (Å²) in [6.07, 6.45) is 3.62. The van der Waals surface area contributed by atoms with E-state index in [1.807, 2.05) is 18.7 Å². The normalized spacial score (nSPS) is 31.6. The third kappa shape index (κ3) is 3.08. The lowest BCUT2D eigenvalue weighted by Crippen LogP contribution is -2.67. The minimum Gasteiger partial charge on any atom is -0.349 e. The Bertz CT molecular complexity index is 689. The second-order valence-corrected chi connectivity index (χ2v) is 8.87. The first-order valence-corrected chi connectivity index (χ1v) is 10.1. The van der Waals surface area contributed by atoms with Crippen molar-refractivity contribution >= 4 is 23.2 Å². The number of hydrogen-bond acceptors (Lipinski definition) is 5. The number of hydrogen-bond donors (Lipinski definition) is 2. The van der Waals surface area contributed by atoms with Crippen molar-refractivity contribution in [2.75, 3.05) is 13.1 Å². The molecule has 0 unspecified atom stereocenters. The lowest BCUT2D eigenvalue weighted by molar-refractivity contribution is -0.157. The van der Waals surface area contributed by atoms with Crippen molar-refractivity contribution < 1.29 is 9.59 Å². The number of fused-ring (bicyclic) bond motifs is 4. The molecular weight excluding hydrogens is 336 g/mol. The first kappa shape index (κ1) is 17.0. The molecule has 4 heterocycles. The fourth-order valence-electron chi connectivity index (χ4n) is 4.86. The molecule has 3 fully saturated rings. The maximum Gasteiger partial charge on any atom is 0.243 e. The van der Waals surface area contributed by atoms with E-state index >= 15 is 0 Å². The number of rotatable bonds is 3. The van der Waals surface area contributed by atoms with Crippen molar-refractivity contribution in [3.63, 3.8) is 0 Å². The van der Waals surface area contributed by atoms with E-state index in [9.17, 15) is 9.59 Å². The van der Waals surface area contributed by atoms with Crippen LogP contribution in [0.4, 0.5) is 0 Å². The predicted octanol–water partition coefficient (Wildman–Crippen LogP) is 1.37. The number of thiazole rings is 1. The van der Waals surface area contributed by atoms with Crippen molar-refractivity contribution in [2.24, 2.45) is 11.8 Å². The van der Waals surface area contributed by atoms with Crippen molar-refractivity contribution in [1.29, 1.82) is 0 Å². The van der Waals surface area contributed by atoms with Crippen molar-refractivity contribution in [3.05, 3.63) is 15.6 Å². The van der Waals surface area contributed by atoms with E-state index in [1.165, 1.54) is 0 Å². The van der Waals surface area contributed by atoms with Crippen molar-refractivity contribution in [2.45, 2.75) is 58.2 Å². The van der Waals surface area contributed by atoms with Crippen molar-refractivity contribution in [3.8, 4) is 0 Å². The number of nitrogens with zero attached hydrogens (tertiary/aromatic N) is 2. The largest absolute Gasteiger partial charge is 0.349 e. The summed E-state index contributed by atoms with van der Waals surface area (Å²) in [6, 6.07) is -0.0930. The molecule has 2 amide bonds. The van der Waals surface area contributed by atoms with Gasteiger partial charge < -0.3 is 15.5 Å². The van der Waals surface area contributed by atoms with Crippen LogP contribution in [-0.4, -0.2) is 46.9 Å². The number of piperidine rings is 3. The Balaban J connectivity index is 1.52. The molecule has 3 aliphatic rings. The Hall–Kier alpha value is -1.47. The molecule has 25 heavy (non-hydrogen) atoms. The lowest BCUT2D eigenvalue weighted by atomic mass is 9.72. The van der Waals surface area contributed by atoms with Crippen LogP contribution in [0.2, 0.25) is 0 Å². The smallest absolute Gasteiger partial charge is 0.243 e. The second-order valence-electron chi connectivity index (χ2n) is 7.58. The van der Waals surface area contributed by atoms with Gasteiger partial charge in [-0.15, -0.1) is 11.3 Å². The molecule has 1 aromatic rings. The SMILES string of the molecule is Cc1nc(C)c(CNC(=O)[C@H]2[C@@H]3CNC[C@@H](C3)[C@@H]3CCCC(=O)N32)s1. The molecule has 0 saturated carbocycles. The molecule has 0 aliphatic carbocycles. The Morgan fingerprint density at radius 2 is 2.16 bits per heavy atom. The number of aryl methyl sites for hydroxylation is 2. The number of amides is 2. The molecule has 0 aromatic carbocycles. The summed E-state index contributed by atoms with van der Waals surface area (Å²) >= 11 is 1.63. The predicted molar refractivity (Wildman–Crippen MR) is 96.2 cm³/mol. The number of aromatic nitrogens is 1. The zero-order chi connectivity index (χ0) is 17.6. The Morgan fingerprint density at radius 3 is 2.92 bits per heavy atom. The van der Waals surface area contributed by atoms with Crippen LogP contribution in [0.15, 0.2) is 0 Å². The molecule has 136 valence electrons. The van der Waals surface area contributed by atoms with E-state index in [-0.39, 0.29) is 29.8 Å². The minimum absolute atomic E-state index is 0.00199. The average molecular weight is 362 g/mol. The molecule has 2 bridgehead atoms. The third-order valence-electron chi connectivity index (χ3n) is 5.94. The monoisotopic (exact) mass is 362 g/mol. The van der Waals surface area contributed by atoms with E-state index in [0.717, 1.165) is 47.9 Å². The zero-order valence-corrected chi connectivity index (χ0v) is 15.7. The molecular formula is C18H26N4O2S. The maximum absolute atomic E-state index is 13.0. The Labute approximate surface area is 152 Å². The van der Waals surface area contributed by atoms with Crippen LogP contribution in [-0.2, 0) is 16.1 Å². The van der Waals surface area contributed by atoms with E-state index < -0.39 is 0 Å². The van der Waals surface area contributed by atoms with Crippen LogP contribution < -0.4 is 10.6 Å². The zero-order valence-electron chi connectivity index (χ0n) is 14.9. The van der Waals surface area contributed by atoms with E-state index in [0.29, 0.717) is 18.9 Å². The number of nitrogens with one attached hydrogen (secondary N) is 2. The van der Waals surface area contributed by atoms with Crippen LogP contribution in [0.1, 0.15) is 41.3 Å². The first-order valence-electron chi connectivity index (χ1n) is 9.27. The first-order chi connectivity index (χ1) is 12.0. The van der Waals surface area contributed by atoms with Gasteiger partial charge in [0, 0.05) is 29.8 Å². The fourth-order valence-corrected chi connectivity index (χ4v) is 5.74. The summed E-state index contributed by atoms with van der Waals surface area (Å²) in [7, 11) is 0. The molecule has 7 heteroatoms. The average Bonchev–Trinajstić information content (AvgIpc) is 2.92. The highest BCUT2D eigenvalue weighted by atomic mass is 32.1. The van der Waals surface area contributed by atoms with Gasteiger partial charge in [0.15, 0.2) is 0 Å². The van der Waals surface area contributed by atoms with Gasteiger partial charge in [-0.25, -0.2) is 4.98 Å². The molecule has 0 spiro atoms. The summed E-state index contributed by atoms with van der Waals surface area (Å²) < 4.78 is 0. The highest BCUT2D eigenvalue weighted by Crippen LogP contribution is 2.39. The molecule has 4 rings (SSSR count). The van der Waals surface area contributed by atoms with E-state index in [2.05, 4.69) is 15.6 Å². The fraction of sp³-hybridized carbons (Fsp3) is 0.722. The maximum atomic E-state index is 13.0. The van der Waals surface area contributed by atoms with Crippen molar-refractivity contribution in [1.82, 2.24) is 20.5 Å². The topological polar surface area (TPSA) is 74.3 Å². The number of carbonyl (C=O) groups excluding carboxylic acids is 2. The molecule has 4 atom stereocenters. The second kappa shape index (κ2) is 6.68. The minimum atomic E-state index is -0.323. The van der Waals surface area contributed by atoms with Crippen LogP contribution in [0.3, 0.4) is 0 Å². The quantitative estimate of drug-likeness (QED) is 0.852. The van der Waals surface area contributed by atoms with Gasteiger partial charge in [-0.1, -0.05) is 0 Å². The third-order valence-corrected chi connectivity index (χ3v) is 7.01. The van der Waals surface area contributed by atoms with Gasteiger partial charge >= 0.3 is 0 Å². The summed E-state index contributed by atoms with van der Waals surface area (Å²) in [5, 5.41) is 7.59. The standard InChI is InChI=1S/C18H26N4O2S/c1-10-15(25-11(2)21-10)9-20-18(24)17-13-6-12(7-19-8-13)14-4-3-5-16(23)22(14)17/h12-14,17,19H,3-9H2,1-2H3,(H,20,24)/t12-,13+,14+,17-/m1/s1. The van der Waals surface area contributed by atoms with Crippen LogP contribution in [0.5, 0.6) is 0 Å². The summed E-state index contributed by atoms with van der Waals surface area (Å²) in [5.74, 6) is 0.885. The van der Waals surface area contributed by atoms with E-state index in [1.54, 1.807) is 11.3 Å². The van der Waals surface area contributed by atoms with Crippen LogP contribution in [0.25, 0.3) is 0 Å². The highest BCUT2D eigenvalue weighted by molar-refractivity contribution is 7.11. The molecule has 0 radical (unpaired) electrons. The van der Waals surface area contributed by atoms with Crippen LogP contribution in [0, 0.1) is 25.7 Å². The molecule has 6 nitrogen and oxygen atoms in total. The highest BCUT2D eigenvalue weighted by Gasteiger charge is 2.50. The molecule has 3 aliphatic heterocycles. The lowest BCUT2D eigenvalue weighted by Gasteiger charge is -2.53. The Morgan fingerprint density at radius 1 is 1.36 bits per heavy atom. The summed E-state index contributed by atoms with van der Waals surface area (Å²) in [6.45, 7) is 6.26. The molecule has 2 N–H and O–H groups in total. The van der Waals surface area contributed by atoms with Gasteiger partial charge in [0.1, 0.15) is 6.04 Å². The van der Waals surface area contributed by atoms with Gasteiger partial charge in [-0.3, -0.25) is 9.59 Å². The molecule has 3 saturated heterocycles. The summed E-state index contributed by atoms with van der Waals surface area (Å²) in [5.41, 5.74) is 0.984. The Kier molecular flexibility index (Phi) is 4.54. The van der Waals surface area contributed by atoms with Gasteiger partial charge in [0.2, 0.25) is 11.8 Å². The van der Waals surface area contributed by atoms with Gasteiger partial charge in [0.05, 0.1) is 17.2 Å². The molecule has 1 aromatic heterocycles. The van der Waals surface area contributed by atoms with E-state index in [4.69, 9.17) is 0 Å². The summed E-state index contributed by atoms with van der Waals surface area (Å²) in [4.78, 5) is 33.1. The number of carbonyl (C=O) groups is 2. The van der Waals surface area contributed by atoms with Gasteiger partial charge in [-0.05, 0) is 45.6 Å².